The number of nitrogens with one attached hydrogen (secondary N) is 1. The van der Waals surface area contributed by atoms with Crippen LogP contribution in [0.2, 0.25) is 5.02 Å². The Balaban J connectivity index is 1.63. The number of aliphatic hydroxyl groups is 1. The second-order valence-electron chi connectivity index (χ2n) is 4.84. The van der Waals surface area contributed by atoms with Crippen LogP contribution in [0.1, 0.15) is 12.8 Å². The smallest absolute Gasteiger partial charge is 0.143 e. The SMILES string of the molecule is OC(CNc1ccc(Cl)c(F)c1)COCC1CCCO1. The highest BCUT2D eigenvalue weighted by Crippen LogP contribution is 2.18. The van der Waals surface area contributed by atoms with E-state index < -0.39 is 11.9 Å². The summed E-state index contributed by atoms with van der Waals surface area (Å²) >= 11 is 5.59. The zero-order chi connectivity index (χ0) is 14.4. The summed E-state index contributed by atoms with van der Waals surface area (Å²) in [5.74, 6) is -0.485. The topological polar surface area (TPSA) is 50.7 Å². The van der Waals surface area contributed by atoms with Gasteiger partial charge in [-0.05, 0) is 31.0 Å². The summed E-state index contributed by atoms with van der Waals surface area (Å²) in [6, 6.07) is 4.42. The van der Waals surface area contributed by atoms with Crippen molar-refractivity contribution in [3.63, 3.8) is 0 Å². The Morgan fingerprint density at radius 2 is 2.40 bits per heavy atom. The van der Waals surface area contributed by atoms with Gasteiger partial charge in [-0.15, -0.1) is 0 Å². The number of benzene rings is 1. The summed E-state index contributed by atoms with van der Waals surface area (Å²) in [4.78, 5) is 0. The minimum Gasteiger partial charge on any atom is -0.389 e. The zero-order valence-electron chi connectivity index (χ0n) is 11.1. The van der Waals surface area contributed by atoms with Crippen LogP contribution in [0.15, 0.2) is 18.2 Å². The van der Waals surface area contributed by atoms with E-state index in [1.54, 1.807) is 6.07 Å². The van der Waals surface area contributed by atoms with Gasteiger partial charge in [0.2, 0.25) is 0 Å². The average Bonchev–Trinajstić information content (AvgIpc) is 2.93. The Bertz CT molecular complexity index is 427. The average molecular weight is 304 g/mol. The molecule has 1 aliphatic heterocycles. The molecule has 0 spiro atoms. The predicted octanol–water partition coefficient (Wildman–Crippen LogP) is 2.45. The van der Waals surface area contributed by atoms with E-state index in [2.05, 4.69) is 5.32 Å². The molecule has 1 aromatic carbocycles. The standard InChI is InChI=1S/C14H19ClFNO3/c15-13-4-3-10(6-14(13)16)17-7-11(18)8-19-9-12-2-1-5-20-12/h3-4,6,11-12,17-18H,1-2,5,7-9H2. The molecule has 1 heterocycles. The van der Waals surface area contributed by atoms with Crippen molar-refractivity contribution in [2.24, 2.45) is 0 Å². The maximum Gasteiger partial charge on any atom is 0.143 e. The van der Waals surface area contributed by atoms with Crippen LogP contribution in [0, 0.1) is 5.82 Å². The predicted molar refractivity (Wildman–Crippen MR) is 75.7 cm³/mol. The molecule has 2 rings (SSSR count). The van der Waals surface area contributed by atoms with E-state index in [1.807, 2.05) is 0 Å². The van der Waals surface area contributed by atoms with E-state index >= 15 is 0 Å². The quantitative estimate of drug-likeness (QED) is 0.812. The second kappa shape index (κ2) is 7.78. The van der Waals surface area contributed by atoms with Crippen LogP contribution >= 0.6 is 11.6 Å². The van der Waals surface area contributed by atoms with Crippen molar-refractivity contribution in [1.29, 1.82) is 0 Å². The Labute approximate surface area is 122 Å². The summed E-state index contributed by atoms with van der Waals surface area (Å²) in [6.07, 6.45) is 1.58. The van der Waals surface area contributed by atoms with Crippen molar-refractivity contribution in [1.82, 2.24) is 0 Å². The molecule has 0 aliphatic carbocycles. The fourth-order valence-corrected chi connectivity index (χ4v) is 2.13. The molecule has 1 fully saturated rings. The molecule has 0 bridgehead atoms. The summed E-state index contributed by atoms with van der Waals surface area (Å²) in [7, 11) is 0. The number of rotatable bonds is 7. The van der Waals surface area contributed by atoms with Crippen LogP contribution < -0.4 is 5.32 Å². The second-order valence-corrected chi connectivity index (χ2v) is 5.24. The molecule has 2 N–H and O–H groups in total. The Hall–Kier alpha value is -0.880. The number of ether oxygens (including phenoxy) is 2. The van der Waals surface area contributed by atoms with Gasteiger partial charge in [0.15, 0.2) is 0 Å². The number of hydrogen-bond donors (Lipinski definition) is 2. The van der Waals surface area contributed by atoms with Crippen molar-refractivity contribution in [2.75, 3.05) is 31.7 Å². The minimum absolute atomic E-state index is 0.0796. The van der Waals surface area contributed by atoms with Gasteiger partial charge in [-0.25, -0.2) is 4.39 Å². The van der Waals surface area contributed by atoms with E-state index in [0.717, 1.165) is 19.4 Å². The molecule has 0 radical (unpaired) electrons. The van der Waals surface area contributed by atoms with E-state index in [9.17, 15) is 9.50 Å². The lowest BCUT2D eigenvalue weighted by Gasteiger charge is -2.15. The number of anilines is 1. The van der Waals surface area contributed by atoms with Gasteiger partial charge in [0, 0.05) is 18.8 Å². The van der Waals surface area contributed by atoms with E-state index in [-0.39, 0.29) is 24.3 Å². The fraction of sp³-hybridized carbons (Fsp3) is 0.571. The normalized spacial score (nSPS) is 20.1. The highest BCUT2D eigenvalue weighted by Gasteiger charge is 2.16. The molecule has 6 heteroatoms. The summed E-state index contributed by atoms with van der Waals surface area (Å²) < 4.78 is 24.0. The van der Waals surface area contributed by atoms with Crippen LogP contribution in [0.25, 0.3) is 0 Å². The largest absolute Gasteiger partial charge is 0.389 e. The van der Waals surface area contributed by atoms with Crippen LogP contribution in [-0.2, 0) is 9.47 Å². The first-order chi connectivity index (χ1) is 9.65. The lowest BCUT2D eigenvalue weighted by molar-refractivity contribution is -0.0137. The molecule has 112 valence electrons. The number of hydrogen-bond acceptors (Lipinski definition) is 4. The van der Waals surface area contributed by atoms with E-state index in [4.69, 9.17) is 21.1 Å². The molecular formula is C14H19ClFNO3. The van der Waals surface area contributed by atoms with Gasteiger partial charge in [0.25, 0.3) is 0 Å². The fourth-order valence-electron chi connectivity index (χ4n) is 2.01. The third-order valence-corrected chi connectivity index (χ3v) is 3.41. The van der Waals surface area contributed by atoms with Crippen LogP contribution in [-0.4, -0.2) is 43.7 Å². The van der Waals surface area contributed by atoms with Gasteiger partial charge in [0.1, 0.15) is 5.82 Å². The molecule has 1 aliphatic rings. The first-order valence-electron chi connectivity index (χ1n) is 6.71. The molecule has 1 aromatic rings. The van der Waals surface area contributed by atoms with Gasteiger partial charge in [-0.3, -0.25) is 0 Å². The van der Waals surface area contributed by atoms with Crippen molar-refractivity contribution in [3.05, 3.63) is 29.0 Å². The van der Waals surface area contributed by atoms with Gasteiger partial charge < -0.3 is 19.9 Å². The third kappa shape index (κ3) is 4.90. The van der Waals surface area contributed by atoms with Crippen molar-refractivity contribution < 1.29 is 19.0 Å². The maximum atomic E-state index is 13.2. The monoisotopic (exact) mass is 303 g/mol. The molecule has 2 unspecified atom stereocenters. The summed E-state index contributed by atoms with van der Waals surface area (Å²) in [6.45, 7) is 1.81. The number of halogens is 2. The zero-order valence-corrected chi connectivity index (χ0v) is 11.9. The van der Waals surface area contributed by atoms with Gasteiger partial charge >= 0.3 is 0 Å². The third-order valence-electron chi connectivity index (χ3n) is 3.10. The number of aliphatic hydroxyl groups excluding tert-OH is 1. The molecule has 0 aromatic heterocycles. The lowest BCUT2D eigenvalue weighted by atomic mass is 10.2. The first-order valence-corrected chi connectivity index (χ1v) is 7.09. The molecule has 0 amide bonds. The Morgan fingerprint density at radius 1 is 1.55 bits per heavy atom. The molecule has 0 saturated carbocycles. The summed E-state index contributed by atoms with van der Waals surface area (Å²) in [5.41, 5.74) is 0.574. The van der Waals surface area contributed by atoms with Crippen LogP contribution in [0.4, 0.5) is 10.1 Å². The highest BCUT2D eigenvalue weighted by atomic mass is 35.5. The molecule has 1 saturated heterocycles. The Kier molecular flexibility index (Phi) is 6.04. The summed E-state index contributed by atoms with van der Waals surface area (Å²) in [5, 5.41) is 12.8. The van der Waals surface area contributed by atoms with Crippen molar-refractivity contribution in [2.45, 2.75) is 25.0 Å². The van der Waals surface area contributed by atoms with Gasteiger partial charge in [0.05, 0.1) is 30.4 Å². The first kappa shape index (κ1) is 15.5. The van der Waals surface area contributed by atoms with E-state index in [0.29, 0.717) is 12.3 Å². The molecule has 2 atom stereocenters. The van der Waals surface area contributed by atoms with Gasteiger partial charge in [-0.1, -0.05) is 11.6 Å². The van der Waals surface area contributed by atoms with Gasteiger partial charge in [-0.2, -0.15) is 0 Å². The van der Waals surface area contributed by atoms with Crippen molar-refractivity contribution in [3.8, 4) is 0 Å². The lowest BCUT2D eigenvalue weighted by Crippen LogP contribution is -2.27. The Morgan fingerprint density at radius 3 is 3.10 bits per heavy atom. The maximum absolute atomic E-state index is 13.2. The van der Waals surface area contributed by atoms with Crippen molar-refractivity contribution >= 4 is 17.3 Å². The molecule has 20 heavy (non-hydrogen) atoms. The van der Waals surface area contributed by atoms with Crippen LogP contribution in [0.3, 0.4) is 0 Å². The molecule has 4 nitrogen and oxygen atoms in total. The highest BCUT2D eigenvalue weighted by molar-refractivity contribution is 6.30. The molecular weight excluding hydrogens is 285 g/mol. The van der Waals surface area contributed by atoms with Crippen LogP contribution in [0.5, 0.6) is 0 Å². The van der Waals surface area contributed by atoms with E-state index in [1.165, 1.54) is 12.1 Å². The minimum atomic E-state index is -0.657.